The molecule has 1 aliphatic heterocycles. The number of hydrogen-bond acceptors (Lipinski definition) is 3. The molecule has 0 radical (unpaired) electrons. The number of aliphatic imine (C=N–C) groups is 1. The molecule has 0 bridgehead atoms. The van der Waals surface area contributed by atoms with Crippen LogP contribution in [-0.4, -0.2) is 17.4 Å². The molecular formula is C19H27N3. The summed E-state index contributed by atoms with van der Waals surface area (Å²) >= 11 is 0. The number of anilines is 1. The van der Waals surface area contributed by atoms with Gasteiger partial charge in [-0.1, -0.05) is 50.7 Å². The number of para-hydroxylation sites is 2. The molecule has 0 unspecified atom stereocenters. The molecule has 2 N–H and O–H groups in total. The molecule has 2 saturated carbocycles. The van der Waals surface area contributed by atoms with Crippen LogP contribution in [0.2, 0.25) is 0 Å². The van der Waals surface area contributed by atoms with Crippen LogP contribution in [0.4, 0.5) is 11.4 Å². The fraction of sp³-hybridized carbons (Fsp3) is 0.632. The summed E-state index contributed by atoms with van der Waals surface area (Å²) < 4.78 is 0. The Hall–Kier alpha value is -1.51. The second kappa shape index (κ2) is 5.60. The summed E-state index contributed by atoms with van der Waals surface area (Å²) in [5.41, 5.74) is 8.95. The van der Waals surface area contributed by atoms with Crippen LogP contribution in [0.25, 0.3) is 0 Å². The minimum absolute atomic E-state index is 0.00535. The predicted molar refractivity (Wildman–Crippen MR) is 92.9 cm³/mol. The van der Waals surface area contributed by atoms with Gasteiger partial charge in [0.15, 0.2) is 0 Å². The van der Waals surface area contributed by atoms with Gasteiger partial charge in [-0.25, -0.2) is 4.99 Å². The van der Waals surface area contributed by atoms with Crippen molar-refractivity contribution in [1.29, 1.82) is 0 Å². The van der Waals surface area contributed by atoms with E-state index in [1.165, 1.54) is 69.9 Å². The maximum Gasteiger partial charge on any atom is 0.126 e. The molecule has 3 aliphatic rings. The van der Waals surface area contributed by atoms with Crippen molar-refractivity contribution in [3.05, 3.63) is 24.3 Å². The van der Waals surface area contributed by atoms with E-state index in [9.17, 15) is 0 Å². The zero-order chi connectivity index (χ0) is 15.0. The van der Waals surface area contributed by atoms with Crippen LogP contribution >= 0.6 is 0 Å². The molecule has 0 saturated heterocycles. The number of hydrogen-bond donors (Lipinski definition) is 1. The normalized spacial score (nSPS) is 24.9. The number of rotatable bonds is 1. The second-order valence-electron chi connectivity index (χ2n) is 7.24. The molecule has 2 fully saturated rings. The number of amidine groups is 1. The van der Waals surface area contributed by atoms with E-state index in [1.807, 2.05) is 0 Å². The lowest BCUT2D eigenvalue weighted by molar-refractivity contribution is 0.295. The van der Waals surface area contributed by atoms with Gasteiger partial charge in [-0.15, -0.1) is 0 Å². The first-order valence-corrected chi connectivity index (χ1v) is 9.04. The molecule has 22 heavy (non-hydrogen) atoms. The zero-order valence-corrected chi connectivity index (χ0v) is 13.4. The lowest BCUT2D eigenvalue weighted by atomic mass is 9.75. The van der Waals surface area contributed by atoms with Crippen molar-refractivity contribution in [2.75, 3.05) is 4.90 Å². The van der Waals surface area contributed by atoms with Crippen molar-refractivity contribution < 1.29 is 0 Å². The first-order chi connectivity index (χ1) is 10.8. The van der Waals surface area contributed by atoms with Crippen molar-refractivity contribution in [1.82, 2.24) is 0 Å². The summed E-state index contributed by atoms with van der Waals surface area (Å²) in [6, 6.07) is 9.25. The van der Waals surface area contributed by atoms with Crippen molar-refractivity contribution in [3.8, 4) is 0 Å². The van der Waals surface area contributed by atoms with E-state index in [-0.39, 0.29) is 5.54 Å². The highest BCUT2D eigenvalue weighted by atomic mass is 15.3. The van der Waals surface area contributed by atoms with Gasteiger partial charge in [-0.05, 0) is 37.8 Å². The third-order valence-electron chi connectivity index (χ3n) is 5.94. The summed E-state index contributed by atoms with van der Waals surface area (Å²) in [5.74, 6) is 0.872. The van der Waals surface area contributed by atoms with Gasteiger partial charge in [-0.3, -0.25) is 0 Å². The average Bonchev–Trinajstić information content (AvgIpc) is 2.58. The monoisotopic (exact) mass is 297 g/mol. The molecule has 118 valence electrons. The quantitative estimate of drug-likeness (QED) is 0.827. The van der Waals surface area contributed by atoms with Gasteiger partial charge in [0.2, 0.25) is 0 Å². The second-order valence-corrected chi connectivity index (χ2v) is 7.24. The number of nitrogens with two attached hydrogens (primary N) is 1. The van der Waals surface area contributed by atoms with E-state index in [4.69, 9.17) is 10.7 Å². The van der Waals surface area contributed by atoms with Gasteiger partial charge in [0.1, 0.15) is 5.84 Å². The standard InChI is InChI=1S/C19H27N3/c20-18-19(13-7-2-8-14-19)22(15-9-3-1-4-10-15)17-12-6-5-11-16(17)21-18/h5-6,11-12,15H,1-4,7-10,13-14H2,(H2,20,21). The zero-order valence-electron chi connectivity index (χ0n) is 13.4. The fourth-order valence-corrected chi connectivity index (χ4v) is 4.87. The van der Waals surface area contributed by atoms with E-state index < -0.39 is 0 Å². The summed E-state index contributed by atoms with van der Waals surface area (Å²) in [5, 5.41) is 0. The Labute approximate surface area is 133 Å². The Morgan fingerprint density at radius 2 is 1.64 bits per heavy atom. The van der Waals surface area contributed by atoms with E-state index in [1.54, 1.807) is 0 Å². The van der Waals surface area contributed by atoms with Crippen molar-refractivity contribution in [3.63, 3.8) is 0 Å². The Balaban J connectivity index is 1.82. The Morgan fingerprint density at radius 3 is 2.41 bits per heavy atom. The lowest BCUT2D eigenvalue weighted by Crippen LogP contribution is -2.63. The third kappa shape index (κ3) is 2.13. The molecule has 2 aliphatic carbocycles. The van der Waals surface area contributed by atoms with Gasteiger partial charge < -0.3 is 10.6 Å². The Kier molecular flexibility index (Phi) is 3.59. The van der Waals surface area contributed by atoms with Crippen LogP contribution in [0.5, 0.6) is 0 Å². The number of benzene rings is 1. The van der Waals surface area contributed by atoms with Gasteiger partial charge in [0.05, 0.1) is 16.9 Å². The SMILES string of the molecule is NC1=Nc2ccccc2N(C2CCCCC2)C12CCCCC2. The van der Waals surface area contributed by atoms with E-state index >= 15 is 0 Å². The molecule has 4 rings (SSSR count). The van der Waals surface area contributed by atoms with Crippen LogP contribution < -0.4 is 10.6 Å². The first-order valence-electron chi connectivity index (χ1n) is 9.04. The highest BCUT2D eigenvalue weighted by Gasteiger charge is 2.47. The largest absolute Gasteiger partial charge is 0.385 e. The molecule has 0 aromatic heterocycles. The average molecular weight is 297 g/mol. The Morgan fingerprint density at radius 1 is 0.955 bits per heavy atom. The number of fused-ring (bicyclic) bond motifs is 1. The van der Waals surface area contributed by atoms with E-state index in [0.29, 0.717) is 6.04 Å². The molecule has 3 nitrogen and oxygen atoms in total. The van der Waals surface area contributed by atoms with Crippen LogP contribution in [0.3, 0.4) is 0 Å². The van der Waals surface area contributed by atoms with Gasteiger partial charge >= 0.3 is 0 Å². The highest BCUT2D eigenvalue weighted by molar-refractivity contribution is 6.00. The third-order valence-corrected chi connectivity index (χ3v) is 5.94. The molecule has 1 spiro atoms. The summed E-state index contributed by atoms with van der Waals surface area (Å²) in [7, 11) is 0. The predicted octanol–water partition coefficient (Wildman–Crippen LogP) is 4.53. The van der Waals surface area contributed by atoms with Crippen molar-refractivity contribution in [2.45, 2.75) is 75.8 Å². The van der Waals surface area contributed by atoms with E-state index in [2.05, 4.69) is 29.2 Å². The minimum atomic E-state index is -0.00535. The highest BCUT2D eigenvalue weighted by Crippen LogP contribution is 2.47. The van der Waals surface area contributed by atoms with Crippen LogP contribution in [-0.2, 0) is 0 Å². The lowest BCUT2D eigenvalue weighted by Gasteiger charge is -2.53. The summed E-state index contributed by atoms with van der Waals surface area (Å²) in [6.07, 6.45) is 13.0. The van der Waals surface area contributed by atoms with Gasteiger partial charge in [0, 0.05) is 6.04 Å². The molecule has 1 aromatic rings. The van der Waals surface area contributed by atoms with Crippen LogP contribution in [0.15, 0.2) is 29.3 Å². The molecule has 0 amide bonds. The molecular weight excluding hydrogens is 270 g/mol. The molecule has 3 heteroatoms. The molecule has 1 aromatic carbocycles. The Bertz CT molecular complexity index is 566. The maximum absolute atomic E-state index is 6.56. The first kappa shape index (κ1) is 14.1. The topological polar surface area (TPSA) is 41.6 Å². The molecule has 0 atom stereocenters. The fourth-order valence-electron chi connectivity index (χ4n) is 4.87. The van der Waals surface area contributed by atoms with Crippen LogP contribution in [0, 0.1) is 0 Å². The maximum atomic E-state index is 6.56. The summed E-state index contributed by atoms with van der Waals surface area (Å²) in [6.45, 7) is 0. The number of nitrogens with zero attached hydrogens (tertiary/aromatic N) is 2. The van der Waals surface area contributed by atoms with E-state index in [0.717, 1.165) is 11.5 Å². The smallest absolute Gasteiger partial charge is 0.126 e. The van der Waals surface area contributed by atoms with Gasteiger partial charge in [-0.2, -0.15) is 0 Å². The van der Waals surface area contributed by atoms with Gasteiger partial charge in [0.25, 0.3) is 0 Å². The minimum Gasteiger partial charge on any atom is -0.385 e. The summed E-state index contributed by atoms with van der Waals surface area (Å²) in [4.78, 5) is 7.53. The van der Waals surface area contributed by atoms with Crippen molar-refractivity contribution >= 4 is 17.2 Å². The van der Waals surface area contributed by atoms with Crippen LogP contribution in [0.1, 0.15) is 64.2 Å². The molecule has 1 heterocycles. The van der Waals surface area contributed by atoms with Crippen molar-refractivity contribution in [2.24, 2.45) is 10.7 Å².